The topological polar surface area (TPSA) is 36.9 Å². The van der Waals surface area contributed by atoms with Gasteiger partial charge in [0.15, 0.2) is 0 Å². The maximum atomic E-state index is 5.67. The summed E-state index contributed by atoms with van der Waals surface area (Å²) in [6.45, 7) is 4.82. The van der Waals surface area contributed by atoms with E-state index in [0.29, 0.717) is 6.61 Å². The molecule has 1 atom stereocenters. The fraction of sp³-hybridized carbons (Fsp3) is 1.00. The Balaban J connectivity index is 4.40. The van der Waals surface area contributed by atoms with E-state index in [1.165, 1.54) is 0 Å². The van der Waals surface area contributed by atoms with Gasteiger partial charge in [-0.15, -0.1) is 0 Å². The third-order valence-electron chi connectivity index (χ3n) is 2.14. The van der Waals surface area contributed by atoms with Crippen molar-refractivity contribution in [3.8, 4) is 0 Å². The quantitative estimate of drug-likeness (QED) is 0.585. The molecule has 0 aliphatic rings. The second-order valence-corrected chi connectivity index (χ2v) is 6.06. The molecule has 0 saturated carbocycles. The monoisotopic (exact) mass is 222 g/mol. The summed E-state index contributed by atoms with van der Waals surface area (Å²) in [7, 11) is 2.22. The van der Waals surface area contributed by atoms with E-state index in [0.717, 1.165) is 12.8 Å². The van der Waals surface area contributed by atoms with Crippen LogP contribution in [-0.2, 0) is 18.0 Å². The van der Waals surface area contributed by atoms with E-state index >= 15 is 0 Å². The zero-order chi connectivity index (χ0) is 11.0. The van der Waals surface area contributed by atoms with E-state index in [-0.39, 0.29) is 5.73 Å². The van der Waals surface area contributed by atoms with Crippen molar-refractivity contribution in [1.82, 2.24) is 0 Å². The molecule has 0 saturated heterocycles. The highest BCUT2D eigenvalue weighted by molar-refractivity contribution is 6.62. The molecule has 0 aliphatic carbocycles. The van der Waals surface area contributed by atoms with E-state index in [1.54, 1.807) is 21.3 Å². The summed E-state index contributed by atoms with van der Waals surface area (Å²) in [6.07, 6.45) is 1.82. The van der Waals surface area contributed by atoms with Crippen LogP contribution in [0.5, 0.6) is 0 Å². The highest BCUT2D eigenvalue weighted by Crippen LogP contribution is 2.18. The lowest BCUT2D eigenvalue weighted by atomic mass is 10.5. The Morgan fingerprint density at radius 1 is 1.00 bits per heavy atom. The average molecular weight is 222 g/mol. The molecule has 4 nitrogen and oxygen atoms in total. The van der Waals surface area contributed by atoms with Crippen LogP contribution in [0.4, 0.5) is 0 Å². The lowest BCUT2D eigenvalue weighted by Gasteiger charge is -2.31. The Hall–Kier alpha value is 0.0569. The average Bonchev–Trinajstić information content (AvgIpc) is 2.25. The van der Waals surface area contributed by atoms with Gasteiger partial charge in [-0.3, -0.25) is 0 Å². The predicted molar refractivity (Wildman–Crippen MR) is 57.1 cm³/mol. The molecule has 1 unspecified atom stereocenters. The maximum absolute atomic E-state index is 5.67. The standard InChI is InChI=1S/C9H22O4Si/c1-6-8-13-9(7-2)14(10-3,11-4)12-5/h9H,6-8H2,1-5H3. The van der Waals surface area contributed by atoms with Crippen molar-refractivity contribution in [2.24, 2.45) is 0 Å². The summed E-state index contributed by atoms with van der Waals surface area (Å²) in [5, 5.41) is 0. The Morgan fingerprint density at radius 3 is 1.79 bits per heavy atom. The first kappa shape index (κ1) is 14.1. The van der Waals surface area contributed by atoms with E-state index in [4.69, 9.17) is 18.0 Å². The van der Waals surface area contributed by atoms with Gasteiger partial charge in [0.25, 0.3) is 0 Å². The SMILES string of the molecule is CCCOC(CC)[Si](OC)(OC)OC. The fourth-order valence-corrected chi connectivity index (χ4v) is 3.49. The molecule has 0 N–H and O–H groups in total. The Labute approximate surface area is 87.9 Å². The summed E-state index contributed by atoms with van der Waals surface area (Å²) in [6, 6.07) is 0. The van der Waals surface area contributed by atoms with Gasteiger partial charge < -0.3 is 18.0 Å². The highest BCUT2D eigenvalue weighted by atomic mass is 28.4. The van der Waals surface area contributed by atoms with E-state index < -0.39 is 8.80 Å². The van der Waals surface area contributed by atoms with Gasteiger partial charge in [0, 0.05) is 27.9 Å². The Kier molecular flexibility index (Phi) is 7.39. The molecular weight excluding hydrogens is 200 g/mol. The maximum Gasteiger partial charge on any atom is 0.530 e. The van der Waals surface area contributed by atoms with Gasteiger partial charge in [-0.1, -0.05) is 13.8 Å². The van der Waals surface area contributed by atoms with Crippen molar-refractivity contribution in [2.45, 2.75) is 32.4 Å². The van der Waals surface area contributed by atoms with Crippen LogP contribution in [-0.4, -0.2) is 42.5 Å². The molecule has 0 aliphatic heterocycles. The van der Waals surface area contributed by atoms with Gasteiger partial charge in [0.05, 0.1) is 0 Å². The minimum Gasteiger partial charge on any atom is -0.375 e. The summed E-state index contributed by atoms with van der Waals surface area (Å²) in [5.41, 5.74) is -0.0672. The minimum absolute atomic E-state index is 0.0672. The number of hydrogen-bond donors (Lipinski definition) is 0. The lowest BCUT2D eigenvalue weighted by Crippen LogP contribution is -2.55. The van der Waals surface area contributed by atoms with Crippen molar-refractivity contribution < 1.29 is 18.0 Å². The van der Waals surface area contributed by atoms with E-state index in [9.17, 15) is 0 Å². The molecule has 5 heteroatoms. The lowest BCUT2D eigenvalue weighted by molar-refractivity contribution is 0.0118. The normalized spacial score (nSPS) is 14.4. The van der Waals surface area contributed by atoms with Crippen LogP contribution < -0.4 is 0 Å². The predicted octanol–water partition coefficient (Wildman–Crippen LogP) is 1.61. The number of rotatable bonds is 8. The second-order valence-electron chi connectivity index (χ2n) is 2.98. The van der Waals surface area contributed by atoms with Crippen LogP contribution in [0, 0.1) is 0 Å². The van der Waals surface area contributed by atoms with Gasteiger partial charge in [0.1, 0.15) is 5.73 Å². The molecule has 0 amide bonds. The molecule has 0 heterocycles. The first-order valence-electron chi connectivity index (χ1n) is 4.97. The molecule has 0 radical (unpaired) electrons. The summed E-state index contributed by atoms with van der Waals surface area (Å²) in [4.78, 5) is 0. The molecule has 14 heavy (non-hydrogen) atoms. The molecule has 0 bridgehead atoms. The van der Waals surface area contributed by atoms with Crippen molar-refractivity contribution in [1.29, 1.82) is 0 Å². The molecule has 86 valence electrons. The zero-order valence-electron chi connectivity index (χ0n) is 9.83. The summed E-state index contributed by atoms with van der Waals surface area (Å²) >= 11 is 0. The van der Waals surface area contributed by atoms with Crippen molar-refractivity contribution >= 4 is 8.80 Å². The van der Waals surface area contributed by atoms with E-state index in [2.05, 4.69) is 6.92 Å². The van der Waals surface area contributed by atoms with Crippen LogP contribution in [0.15, 0.2) is 0 Å². The Bertz CT molecular complexity index is 131. The third kappa shape index (κ3) is 3.32. The minimum atomic E-state index is -2.61. The van der Waals surface area contributed by atoms with Gasteiger partial charge >= 0.3 is 8.80 Å². The number of ether oxygens (including phenoxy) is 1. The molecule has 0 spiro atoms. The van der Waals surface area contributed by atoms with E-state index in [1.807, 2.05) is 6.92 Å². The Morgan fingerprint density at radius 2 is 1.50 bits per heavy atom. The van der Waals surface area contributed by atoms with Gasteiger partial charge in [0.2, 0.25) is 0 Å². The molecule has 0 rings (SSSR count). The largest absolute Gasteiger partial charge is 0.530 e. The molecule has 0 aromatic rings. The van der Waals surface area contributed by atoms with Crippen molar-refractivity contribution in [3.63, 3.8) is 0 Å². The van der Waals surface area contributed by atoms with Gasteiger partial charge in [-0.2, -0.15) is 0 Å². The smallest absolute Gasteiger partial charge is 0.375 e. The molecule has 0 aromatic carbocycles. The van der Waals surface area contributed by atoms with Crippen molar-refractivity contribution in [3.05, 3.63) is 0 Å². The first-order chi connectivity index (χ1) is 6.70. The molecule has 0 fully saturated rings. The summed E-state index contributed by atoms with van der Waals surface area (Å²) in [5.74, 6) is 0. The van der Waals surface area contributed by atoms with Crippen LogP contribution in [0.2, 0.25) is 0 Å². The third-order valence-corrected chi connectivity index (χ3v) is 5.21. The van der Waals surface area contributed by atoms with Crippen LogP contribution in [0.25, 0.3) is 0 Å². The second kappa shape index (κ2) is 7.36. The van der Waals surface area contributed by atoms with Crippen LogP contribution >= 0.6 is 0 Å². The van der Waals surface area contributed by atoms with Crippen LogP contribution in [0.3, 0.4) is 0 Å². The van der Waals surface area contributed by atoms with Gasteiger partial charge in [-0.05, 0) is 12.8 Å². The molecule has 0 aromatic heterocycles. The first-order valence-corrected chi connectivity index (χ1v) is 6.77. The highest BCUT2D eigenvalue weighted by Gasteiger charge is 2.47. The van der Waals surface area contributed by atoms with Crippen LogP contribution in [0.1, 0.15) is 26.7 Å². The van der Waals surface area contributed by atoms with Gasteiger partial charge in [-0.25, -0.2) is 0 Å². The number of hydrogen-bond acceptors (Lipinski definition) is 4. The zero-order valence-corrected chi connectivity index (χ0v) is 10.8. The molecular formula is C9H22O4Si. The van der Waals surface area contributed by atoms with Crippen molar-refractivity contribution in [2.75, 3.05) is 27.9 Å². The summed E-state index contributed by atoms with van der Waals surface area (Å²) < 4.78 is 21.7. The fourth-order valence-electron chi connectivity index (χ4n) is 1.37.